The molecule has 21 heavy (non-hydrogen) atoms. The summed E-state index contributed by atoms with van der Waals surface area (Å²) >= 11 is 0. The Hall–Kier alpha value is -0.810. The maximum atomic E-state index is 5.38. The molecule has 0 aromatic heterocycles. The highest BCUT2D eigenvalue weighted by molar-refractivity contribution is 5.79. The van der Waals surface area contributed by atoms with Crippen molar-refractivity contribution in [2.45, 2.75) is 33.6 Å². The summed E-state index contributed by atoms with van der Waals surface area (Å²) in [7, 11) is 1.84. The maximum Gasteiger partial charge on any atom is 0.190 e. The first-order valence-corrected chi connectivity index (χ1v) is 8.36. The van der Waals surface area contributed by atoms with Crippen molar-refractivity contribution in [2.75, 3.05) is 53.0 Å². The molecule has 124 valence electrons. The first kappa shape index (κ1) is 18.2. The second-order valence-electron chi connectivity index (χ2n) is 6.43. The van der Waals surface area contributed by atoms with Gasteiger partial charge in [0.1, 0.15) is 0 Å². The fourth-order valence-corrected chi connectivity index (χ4v) is 2.50. The van der Waals surface area contributed by atoms with Gasteiger partial charge < -0.3 is 15.4 Å². The lowest BCUT2D eigenvalue weighted by Gasteiger charge is -2.29. The summed E-state index contributed by atoms with van der Waals surface area (Å²) in [6, 6.07) is 0. The summed E-state index contributed by atoms with van der Waals surface area (Å²) in [6.45, 7) is 13.8. The molecule has 1 saturated heterocycles. The maximum absolute atomic E-state index is 5.38. The standard InChI is InChI=1S/C16H34N4O/c1-14(2)6-5-7-18-16(17-4)19-12-15(3)13-20-8-10-21-11-9-20/h14-15H,5-13H2,1-4H3,(H2,17,18,19). The van der Waals surface area contributed by atoms with E-state index in [1.807, 2.05) is 7.05 Å². The summed E-state index contributed by atoms with van der Waals surface area (Å²) in [6.07, 6.45) is 2.46. The molecule has 0 aromatic carbocycles. The Balaban J connectivity index is 2.12. The molecule has 5 heteroatoms. The van der Waals surface area contributed by atoms with Gasteiger partial charge in [-0.05, 0) is 24.7 Å². The van der Waals surface area contributed by atoms with Gasteiger partial charge in [-0.25, -0.2) is 0 Å². The van der Waals surface area contributed by atoms with Crippen LogP contribution in [0.15, 0.2) is 4.99 Å². The molecule has 1 fully saturated rings. The van der Waals surface area contributed by atoms with Crippen LogP contribution in [0.4, 0.5) is 0 Å². The van der Waals surface area contributed by atoms with Crippen LogP contribution in [0.25, 0.3) is 0 Å². The van der Waals surface area contributed by atoms with Crippen LogP contribution in [0.5, 0.6) is 0 Å². The molecule has 0 saturated carbocycles. The SMILES string of the molecule is CN=C(NCCCC(C)C)NCC(C)CN1CCOCC1. The summed E-state index contributed by atoms with van der Waals surface area (Å²) < 4.78 is 5.38. The first-order chi connectivity index (χ1) is 10.1. The molecule has 2 N–H and O–H groups in total. The number of hydrogen-bond acceptors (Lipinski definition) is 3. The molecule has 1 rings (SSSR count). The van der Waals surface area contributed by atoms with Crippen LogP contribution in [0, 0.1) is 11.8 Å². The van der Waals surface area contributed by atoms with Crippen LogP contribution in [-0.4, -0.2) is 63.8 Å². The zero-order valence-electron chi connectivity index (χ0n) is 14.3. The van der Waals surface area contributed by atoms with Crippen molar-refractivity contribution in [3.8, 4) is 0 Å². The van der Waals surface area contributed by atoms with Crippen LogP contribution in [0.1, 0.15) is 33.6 Å². The number of guanidine groups is 1. The van der Waals surface area contributed by atoms with Gasteiger partial charge in [0.15, 0.2) is 5.96 Å². The molecule has 5 nitrogen and oxygen atoms in total. The Morgan fingerprint density at radius 2 is 1.90 bits per heavy atom. The number of rotatable bonds is 8. The quantitative estimate of drug-likeness (QED) is 0.406. The van der Waals surface area contributed by atoms with Crippen molar-refractivity contribution in [2.24, 2.45) is 16.8 Å². The average molecular weight is 298 g/mol. The van der Waals surface area contributed by atoms with E-state index in [2.05, 4.69) is 41.3 Å². The fourth-order valence-electron chi connectivity index (χ4n) is 2.50. The third-order valence-electron chi connectivity index (χ3n) is 3.77. The van der Waals surface area contributed by atoms with Crippen LogP contribution in [0.2, 0.25) is 0 Å². The first-order valence-electron chi connectivity index (χ1n) is 8.36. The molecule has 1 aliphatic rings. The monoisotopic (exact) mass is 298 g/mol. The van der Waals surface area contributed by atoms with E-state index in [4.69, 9.17) is 4.74 Å². The molecular weight excluding hydrogens is 264 g/mol. The highest BCUT2D eigenvalue weighted by atomic mass is 16.5. The normalized spacial score (nSPS) is 18.8. The lowest BCUT2D eigenvalue weighted by atomic mass is 10.1. The Bertz CT molecular complexity index is 288. The summed E-state index contributed by atoms with van der Waals surface area (Å²) in [4.78, 5) is 6.77. The molecular formula is C16H34N4O. The van der Waals surface area contributed by atoms with Crippen molar-refractivity contribution in [3.63, 3.8) is 0 Å². The van der Waals surface area contributed by atoms with Crippen LogP contribution in [-0.2, 0) is 4.74 Å². The second-order valence-corrected chi connectivity index (χ2v) is 6.43. The van der Waals surface area contributed by atoms with Gasteiger partial charge in [-0.1, -0.05) is 20.8 Å². The van der Waals surface area contributed by atoms with E-state index in [0.29, 0.717) is 5.92 Å². The number of morpholine rings is 1. The molecule has 0 bridgehead atoms. The van der Waals surface area contributed by atoms with E-state index in [9.17, 15) is 0 Å². The topological polar surface area (TPSA) is 48.9 Å². The number of hydrogen-bond donors (Lipinski definition) is 2. The number of nitrogens with one attached hydrogen (secondary N) is 2. The van der Waals surface area contributed by atoms with Gasteiger partial charge in [0.25, 0.3) is 0 Å². The van der Waals surface area contributed by atoms with Crippen molar-refractivity contribution < 1.29 is 4.74 Å². The van der Waals surface area contributed by atoms with Crippen molar-refractivity contribution in [1.82, 2.24) is 15.5 Å². The van der Waals surface area contributed by atoms with Crippen LogP contribution in [0.3, 0.4) is 0 Å². The molecule has 0 aliphatic carbocycles. The smallest absolute Gasteiger partial charge is 0.190 e. The average Bonchev–Trinajstić information content (AvgIpc) is 2.47. The highest BCUT2D eigenvalue weighted by Crippen LogP contribution is 2.03. The van der Waals surface area contributed by atoms with Crippen molar-refractivity contribution in [3.05, 3.63) is 0 Å². The van der Waals surface area contributed by atoms with Gasteiger partial charge in [0, 0.05) is 39.8 Å². The summed E-state index contributed by atoms with van der Waals surface area (Å²) in [5, 5.41) is 6.82. The molecule has 1 atom stereocenters. The molecule has 0 radical (unpaired) electrons. The van der Waals surface area contributed by atoms with Crippen molar-refractivity contribution in [1.29, 1.82) is 0 Å². The lowest BCUT2D eigenvalue weighted by Crippen LogP contribution is -2.44. The van der Waals surface area contributed by atoms with E-state index < -0.39 is 0 Å². The number of aliphatic imine (C=N–C) groups is 1. The summed E-state index contributed by atoms with van der Waals surface area (Å²) in [5.74, 6) is 2.31. The summed E-state index contributed by atoms with van der Waals surface area (Å²) in [5.41, 5.74) is 0. The predicted octanol–water partition coefficient (Wildman–Crippen LogP) is 1.56. The largest absolute Gasteiger partial charge is 0.379 e. The van der Waals surface area contributed by atoms with Gasteiger partial charge in [0.05, 0.1) is 13.2 Å². The van der Waals surface area contributed by atoms with Gasteiger partial charge in [0.2, 0.25) is 0 Å². The number of nitrogens with zero attached hydrogens (tertiary/aromatic N) is 2. The molecule has 0 aromatic rings. The van der Waals surface area contributed by atoms with Gasteiger partial charge in [-0.3, -0.25) is 9.89 Å². The van der Waals surface area contributed by atoms with Crippen LogP contribution < -0.4 is 10.6 Å². The van der Waals surface area contributed by atoms with Crippen molar-refractivity contribution >= 4 is 5.96 Å². The third-order valence-corrected chi connectivity index (χ3v) is 3.77. The zero-order chi connectivity index (χ0) is 15.5. The minimum absolute atomic E-state index is 0.609. The second kappa shape index (κ2) is 10.9. The minimum Gasteiger partial charge on any atom is -0.379 e. The molecule has 0 amide bonds. The Morgan fingerprint density at radius 1 is 1.19 bits per heavy atom. The molecule has 1 unspecified atom stereocenters. The molecule has 1 aliphatic heterocycles. The molecule has 0 spiro atoms. The molecule has 1 heterocycles. The minimum atomic E-state index is 0.609. The fraction of sp³-hybridized carbons (Fsp3) is 0.938. The van der Waals surface area contributed by atoms with Gasteiger partial charge in [-0.15, -0.1) is 0 Å². The van der Waals surface area contributed by atoms with Gasteiger partial charge >= 0.3 is 0 Å². The Morgan fingerprint density at radius 3 is 2.52 bits per heavy atom. The lowest BCUT2D eigenvalue weighted by molar-refractivity contribution is 0.0320. The Kier molecular flexibility index (Phi) is 9.42. The highest BCUT2D eigenvalue weighted by Gasteiger charge is 2.13. The number of ether oxygens (including phenoxy) is 1. The van der Waals surface area contributed by atoms with E-state index in [1.54, 1.807) is 0 Å². The van der Waals surface area contributed by atoms with Gasteiger partial charge in [-0.2, -0.15) is 0 Å². The van der Waals surface area contributed by atoms with E-state index in [-0.39, 0.29) is 0 Å². The zero-order valence-corrected chi connectivity index (χ0v) is 14.3. The third kappa shape index (κ3) is 8.94. The van der Waals surface area contributed by atoms with E-state index in [0.717, 1.165) is 57.8 Å². The van der Waals surface area contributed by atoms with E-state index in [1.165, 1.54) is 12.8 Å². The predicted molar refractivity (Wildman–Crippen MR) is 89.9 cm³/mol. The van der Waals surface area contributed by atoms with Crippen LogP contribution >= 0.6 is 0 Å². The van der Waals surface area contributed by atoms with E-state index >= 15 is 0 Å². The Labute approximate surface area is 130 Å².